The van der Waals surface area contributed by atoms with Gasteiger partial charge in [-0.15, -0.1) is 0 Å². The molecule has 0 fully saturated rings. The summed E-state index contributed by atoms with van der Waals surface area (Å²) < 4.78 is 6.76. The van der Waals surface area contributed by atoms with Gasteiger partial charge in [0.15, 0.2) is 5.82 Å². The Morgan fingerprint density at radius 3 is 2.38 bits per heavy atom. The molecule has 0 bridgehead atoms. The van der Waals surface area contributed by atoms with Crippen molar-refractivity contribution in [3.63, 3.8) is 0 Å². The van der Waals surface area contributed by atoms with Gasteiger partial charge in [-0.05, 0) is 34.1 Å². The summed E-state index contributed by atoms with van der Waals surface area (Å²) in [6, 6.07) is 26.1. The van der Waals surface area contributed by atoms with Crippen molar-refractivity contribution in [2.24, 2.45) is 0 Å². The largest absolute Gasteiger partial charge is 0.456 e. The third kappa shape index (κ3) is 2.50. The Bertz CT molecular complexity index is 1250. The van der Waals surface area contributed by atoms with Gasteiger partial charge in [-0.25, -0.2) is 9.97 Å². The zero-order chi connectivity index (χ0) is 17.5. The number of hydrogen-bond acceptors (Lipinski definition) is 3. The number of rotatable bonds is 2. The molecule has 0 aliphatic rings. The van der Waals surface area contributed by atoms with Crippen molar-refractivity contribution in [1.82, 2.24) is 9.97 Å². The highest BCUT2D eigenvalue weighted by atomic mass is 79.9. The predicted octanol–water partition coefficient (Wildman–Crippen LogP) is 6.47. The van der Waals surface area contributed by atoms with E-state index < -0.39 is 0 Å². The maximum Gasteiger partial charge on any atom is 0.161 e. The standard InChI is InChI=1S/C22H13BrN2O/c23-20-13-17(24-22(25-20)14-7-2-1-3-8-14)15-10-6-12-19-21(15)16-9-4-5-11-18(16)26-19/h1-13H. The first-order chi connectivity index (χ1) is 12.8. The van der Waals surface area contributed by atoms with Crippen LogP contribution in [0.3, 0.4) is 0 Å². The van der Waals surface area contributed by atoms with E-state index in [1.807, 2.05) is 66.7 Å². The number of hydrogen-bond donors (Lipinski definition) is 0. The van der Waals surface area contributed by atoms with Crippen LogP contribution in [0.25, 0.3) is 44.6 Å². The minimum Gasteiger partial charge on any atom is -0.456 e. The number of para-hydroxylation sites is 1. The maximum atomic E-state index is 6.00. The fraction of sp³-hybridized carbons (Fsp3) is 0. The number of halogens is 1. The molecule has 0 amide bonds. The first kappa shape index (κ1) is 15.3. The Kier molecular flexibility index (Phi) is 3.57. The third-order valence-electron chi connectivity index (χ3n) is 4.41. The van der Waals surface area contributed by atoms with Crippen LogP contribution >= 0.6 is 15.9 Å². The molecule has 124 valence electrons. The van der Waals surface area contributed by atoms with E-state index in [0.29, 0.717) is 5.82 Å². The van der Waals surface area contributed by atoms with Crippen molar-refractivity contribution < 1.29 is 4.42 Å². The van der Waals surface area contributed by atoms with Crippen LogP contribution in [0, 0.1) is 0 Å². The lowest BCUT2D eigenvalue weighted by Gasteiger charge is -2.07. The molecule has 3 nitrogen and oxygen atoms in total. The second kappa shape index (κ2) is 6.07. The molecule has 2 heterocycles. The number of fused-ring (bicyclic) bond motifs is 3. The van der Waals surface area contributed by atoms with Gasteiger partial charge >= 0.3 is 0 Å². The molecular weight excluding hydrogens is 388 g/mol. The van der Waals surface area contributed by atoms with E-state index in [2.05, 4.69) is 33.0 Å². The Labute approximate surface area is 158 Å². The summed E-state index contributed by atoms with van der Waals surface area (Å²) in [5.74, 6) is 0.694. The molecular formula is C22H13BrN2O. The summed E-state index contributed by atoms with van der Waals surface area (Å²) in [4.78, 5) is 9.37. The zero-order valence-corrected chi connectivity index (χ0v) is 15.3. The fourth-order valence-electron chi connectivity index (χ4n) is 3.26. The topological polar surface area (TPSA) is 38.9 Å². The van der Waals surface area contributed by atoms with E-state index in [0.717, 1.165) is 43.4 Å². The molecule has 3 aromatic carbocycles. The minimum atomic E-state index is 0.694. The Morgan fingerprint density at radius 1 is 0.731 bits per heavy atom. The van der Waals surface area contributed by atoms with Crippen LogP contribution < -0.4 is 0 Å². The smallest absolute Gasteiger partial charge is 0.161 e. The molecule has 26 heavy (non-hydrogen) atoms. The summed E-state index contributed by atoms with van der Waals surface area (Å²) >= 11 is 3.54. The highest BCUT2D eigenvalue weighted by Gasteiger charge is 2.14. The van der Waals surface area contributed by atoms with Crippen molar-refractivity contribution in [3.8, 4) is 22.6 Å². The Balaban J connectivity index is 1.80. The lowest BCUT2D eigenvalue weighted by molar-refractivity contribution is 0.669. The SMILES string of the molecule is Brc1cc(-c2cccc3oc4ccccc4c23)nc(-c2ccccc2)n1. The predicted molar refractivity (Wildman–Crippen MR) is 108 cm³/mol. The van der Waals surface area contributed by atoms with Gasteiger partial charge in [0, 0.05) is 21.9 Å². The second-order valence-electron chi connectivity index (χ2n) is 6.04. The lowest BCUT2D eigenvalue weighted by atomic mass is 10.0. The van der Waals surface area contributed by atoms with Crippen molar-refractivity contribution in [2.45, 2.75) is 0 Å². The van der Waals surface area contributed by atoms with E-state index in [4.69, 9.17) is 9.40 Å². The molecule has 0 aliphatic carbocycles. The lowest BCUT2D eigenvalue weighted by Crippen LogP contribution is -1.93. The molecule has 0 aliphatic heterocycles. The summed E-state index contributed by atoms with van der Waals surface area (Å²) in [5.41, 5.74) is 4.63. The molecule has 0 spiro atoms. The molecule has 0 N–H and O–H groups in total. The number of benzene rings is 3. The van der Waals surface area contributed by atoms with Gasteiger partial charge in [0.05, 0.1) is 5.69 Å². The quantitative estimate of drug-likeness (QED) is 0.318. The molecule has 0 radical (unpaired) electrons. The number of furan rings is 1. The average Bonchev–Trinajstić information content (AvgIpc) is 3.07. The van der Waals surface area contributed by atoms with Gasteiger partial charge in [-0.1, -0.05) is 60.7 Å². The van der Waals surface area contributed by atoms with E-state index in [1.54, 1.807) is 0 Å². The highest BCUT2D eigenvalue weighted by Crippen LogP contribution is 2.36. The van der Waals surface area contributed by atoms with E-state index in [1.165, 1.54) is 0 Å². The maximum absolute atomic E-state index is 6.00. The van der Waals surface area contributed by atoms with Crippen LogP contribution in [0.1, 0.15) is 0 Å². The Morgan fingerprint density at radius 2 is 1.50 bits per heavy atom. The van der Waals surface area contributed by atoms with Crippen LogP contribution in [0.15, 0.2) is 87.9 Å². The fourth-order valence-corrected chi connectivity index (χ4v) is 3.64. The molecule has 5 aromatic rings. The van der Waals surface area contributed by atoms with E-state index >= 15 is 0 Å². The highest BCUT2D eigenvalue weighted by molar-refractivity contribution is 9.10. The summed E-state index contributed by atoms with van der Waals surface area (Å²) in [5, 5.41) is 2.17. The van der Waals surface area contributed by atoms with E-state index in [9.17, 15) is 0 Å². The van der Waals surface area contributed by atoms with Gasteiger partial charge in [0.25, 0.3) is 0 Å². The molecule has 0 unspecified atom stereocenters. The molecule has 4 heteroatoms. The van der Waals surface area contributed by atoms with Crippen LogP contribution in [0.5, 0.6) is 0 Å². The van der Waals surface area contributed by atoms with Gasteiger partial charge in [-0.2, -0.15) is 0 Å². The number of aromatic nitrogens is 2. The van der Waals surface area contributed by atoms with Crippen molar-refractivity contribution >= 4 is 37.9 Å². The van der Waals surface area contributed by atoms with Gasteiger partial charge in [0.2, 0.25) is 0 Å². The zero-order valence-electron chi connectivity index (χ0n) is 13.7. The Hall–Kier alpha value is -2.98. The summed E-state index contributed by atoms with van der Waals surface area (Å²) in [6.45, 7) is 0. The second-order valence-corrected chi connectivity index (χ2v) is 6.85. The van der Waals surface area contributed by atoms with Crippen LogP contribution in [-0.4, -0.2) is 9.97 Å². The van der Waals surface area contributed by atoms with Gasteiger partial charge in [-0.3, -0.25) is 0 Å². The average molecular weight is 401 g/mol. The van der Waals surface area contributed by atoms with Crippen molar-refractivity contribution in [1.29, 1.82) is 0 Å². The first-order valence-corrected chi connectivity index (χ1v) is 9.09. The molecule has 2 aromatic heterocycles. The van der Waals surface area contributed by atoms with Crippen LogP contribution in [0.2, 0.25) is 0 Å². The molecule has 5 rings (SSSR count). The molecule has 0 saturated heterocycles. The van der Waals surface area contributed by atoms with Gasteiger partial charge in [0.1, 0.15) is 15.8 Å². The van der Waals surface area contributed by atoms with E-state index in [-0.39, 0.29) is 0 Å². The molecule has 0 saturated carbocycles. The number of nitrogens with zero attached hydrogens (tertiary/aromatic N) is 2. The first-order valence-electron chi connectivity index (χ1n) is 8.30. The third-order valence-corrected chi connectivity index (χ3v) is 4.81. The minimum absolute atomic E-state index is 0.694. The van der Waals surface area contributed by atoms with Crippen molar-refractivity contribution in [3.05, 3.63) is 83.5 Å². The van der Waals surface area contributed by atoms with Crippen molar-refractivity contribution in [2.75, 3.05) is 0 Å². The monoisotopic (exact) mass is 400 g/mol. The molecule has 0 atom stereocenters. The summed E-state index contributed by atoms with van der Waals surface area (Å²) in [7, 11) is 0. The normalized spacial score (nSPS) is 11.3. The van der Waals surface area contributed by atoms with Crippen LogP contribution in [-0.2, 0) is 0 Å². The van der Waals surface area contributed by atoms with Gasteiger partial charge < -0.3 is 4.42 Å². The summed E-state index contributed by atoms with van der Waals surface area (Å²) in [6.07, 6.45) is 0. The van der Waals surface area contributed by atoms with Crippen LogP contribution in [0.4, 0.5) is 0 Å².